The molecule has 5 aromatic carbocycles. The lowest BCUT2D eigenvalue weighted by molar-refractivity contribution is 0.0548. The third kappa shape index (κ3) is 4.92. The standard InChI is InChI=1S/C45H38O3/c46-43(37-19-17-33(18-20-37)31-9-3-1-4-10-31)47-39-15-7-13-35-25-27-44(41(35)39)28-26-36-14-8-16-40(42(36)44)48-45(29-30-45)38-23-21-34(22-24-38)32-11-5-2-6-12-32/h1-24,35,41H,25-30H2. The lowest BCUT2D eigenvalue weighted by atomic mass is 9.69. The van der Waals surface area contributed by atoms with Crippen molar-refractivity contribution >= 4 is 5.97 Å². The Balaban J connectivity index is 0.994. The van der Waals surface area contributed by atoms with Crippen molar-refractivity contribution in [1.82, 2.24) is 0 Å². The van der Waals surface area contributed by atoms with Gasteiger partial charge in [-0.05, 0) is 102 Å². The van der Waals surface area contributed by atoms with Gasteiger partial charge in [0.1, 0.15) is 17.1 Å². The molecule has 0 bridgehead atoms. The zero-order chi connectivity index (χ0) is 32.1. The van der Waals surface area contributed by atoms with Gasteiger partial charge in [0.05, 0.1) is 5.56 Å². The first-order valence-corrected chi connectivity index (χ1v) is 17.4. The first-order valence-electron chi connectivity index (χ1n) is 17.4. The van der Waals surface area contributed by atoms with E-state index in [1.165, 1.54) is 27.8 Å². The van der Waals surface area contributed by atoms with E-state index in [0.717, 1.165) is 61.2 Å². The van der Waals surface area contributed by atoms with Gasteiger partial charge in [0.25, 0.3) is 0 Å². The molecule has 236 valence electrons. The summed E-state index contributed by atoms with van der Waals surface area (Å²) in [6.45, 7) is 0. The number of hydrogen-bond acceptors (Lipinski definition) is 3. The summed E-state index contributed by atoms with van der Waals surface area (Å²) in [4.78, 5) is 13.6. The summed E-state index contributed by atoms with van der Waals surface area (Å²) in [5, 5.41) is 0. The van der Waals surface area contributed by atoms with E-state index in [1.807, 2.05) is 48.5 Å². The van der Waals surface area contributed by atoms with Crippen LogP contribution in [0.4, 0.5) is 0 Å². The van der Waals surface area contributed by atoms with Gasteiger partial charge in [-0.1, -0.05) is 121 Å². The molecule has 3 unspecified atom stereocenters. The van der Waals surface area contributed by atoms with Crippen LogP contribution in [0, 0.1) is 11.8 Å². The summed E-state index contributed by atoms with van der Waals surface area (Å²) in [5.74, 6) is 1.93. The van der Waals surface area contributed by atoms with Crippen LogP contribution in [0.15, 0.2) is 151 Å². The zero-order valence-electron chi connectivity index (χ0n) is 27.0. The molecule has 3 heteroatoms. The average molecular weight is 627 g/mol. The van der Waals surface area contributed by atoms with Crippen LogP contribution < -0.4 is 4.74 Å². The predicted octanol–water partition coefficient (Wildman–Crippen LogP) is 10.6. The van der Waals surface area contributed by atoms with E-state index in [2.05, 4.69) is 97.1 Å². The number of aryl methyl sites for hydroxylation is 1. The van der Waals surface area contributed by atoms with Gasteiger partial charge in [-0.2, -0.15) is 0 Å². The highest BCUT2D eigenvalue weighted by Crippen LogP contribution is 2.62. The first kappa shape index (κ1) is 29.0. The minimum Gasteiger partial charge on any atom is -0.482 e. The van der Waals surface area contributed by atoms with Gasteiger partial charge in [-0.25, -0.2) is 4.79 Å². The molecule has 3 nitrogen and oxygen atoms in total. The number of rotatable bonds is 7. The molecule has 48 heavy (non-hydrogen) atoms. The molecule has 3 atom stereocenters. The molecule has 0 heterocycles. The van der Waals surface area contributed by atoms with Gasteiger partial charge in [0, 0.05) is 16.9 Å². The molecule has 9 rings (SSSR count). The molecule has 4 aliphatic rings. The molecule has 0 saturated heterocycles. The highest BCUT2D eigenvalue weighted by atomic mass is 16.5. The van der Waals surface area contributed by atoms with Crippen LogP contribution in [0.5, 0.6) is 5.75 Å². The van der Waals surface area contributed by atoms with E-state index in [-0.39, 0.29) is 22.9 Å². The fraction of sp³-hybridized carbons (Fsp3) is 0.222. The summed E-state index contributed by atoms with van der Waals surface area (Å²) in [6, 6.07) is 44.1. The molecule has 4 aliphatic carbocycles. The topological polar surface area (TPSA) is 35.5 Å². The Kier molecular flexibility index (Phi) is 6.97. The van der Waals surface area contributed by atoms with Crippen molar-refractivity contribution in [3.05, 3.63) is 174 Å². The third-order valence-electron chi connectivity index (χ3n) is 11.3. The Labute approximate surface area is 282 Å². The first-order chi connectivity index (χ1) is 23.6. The minimum atomic E-state index is -0.296. The Morgan fingerprint density at radius 1 is 0.646 bits per heavy atom. The van der Waals surface area contributed by atoms with Crippen LogP contribution in [0.25, 0.3) is 22.3 Å². The van der Waals surface area contributed by atoms with Gasteiger partial charge in [0.2, 0.25) is 0 Å². The number of ether oxygens (including phenoxy) is 2. The maximum atomic E-state index is 13.6. The fourth-order valence-corrected chi connectivity index (χ4v) is 8.79. The molecule has 0 radical (unpaired) electrons. The van der Waals surface area contributed by atoms with Gasteiger partial charge >= 0.3 is 5.97 Å². The van der Waals surface area contributed by atoms with Crippen molar-refractivity contribution in [3.63, 3.8) is 0 Å². The van der Waals surface area contributed by atoms with Crippen molar-refractivity contribution in [1.29, 1.82) is 0 Å². The average Bonchev–Trinajstić information content (AvgIpc) is 3.69. The lowest BCUT2D eigenvalue weighted by Crippen LogP contribution is -2.35. The number of benzene rings is 5. The second-order valence-electron chi connectivity index (χ2n) is 14.0. The second kappa shape index (κ2) is 11.5. The lowest BCUT2D eigenvalue weighted by Gasteiger charge is -2.38. The number of esters is 1. The van der Waals surface area contributed by atoms with Gasteiger partial charge in [0.15, 0.2) is 0 Å². The van der Waals surface area contributed by atoms with Crippen LogP contribution in [-0.4, -0.2) is 5.97 Å². The van der Waals surface area contributed by atoms with E-state index in [1.54, 1.807) is 0 Å². The number of carbonyl (C=O) groups excluding carboxylic acids is 1. The normalized spacial score (nSPS) is 22.9. The summed E-state index contributed by atoms with van der Waals surface area (Å²) >= 11 is 0. The van der Waals surface area contributed by atoms with Crippen molar-refractivity contribution in [3.8, 4) is 28.0 Å². The van der Waals surface area contributed by atoms with Gasteiger partial charge < -0.3 is 9.47 Å². The molecular weight excluding hydrogens is 588 g/mol. The minimum absolute atomic E-state index is 0.0985. The largest absolute Gasteiger partial charge is 0.482 e. The van der Waals surface area contributed by atoms with Crippen molar-refractivity contribution in [2.75, 3.05) is 0 Å². The monoisotopic (exact) mass is 626 g/mol. The summed E-state index contributed by atoms with van der Waals surface area (Å²) in [7, 11) is 0. The Morgan fingerprint density at radius 3 is 1.96 bits per heavy atom. The smallest absolute Gasteiger partial charge is 0.343 e. The van der Waals surface area contributed by atoms with E-state index in [4.69, 9.17) is 9.47 Å². The zero-order valence-corrected chi connectivity index (χ0v) is 27.0. The second-order valence-corrected chi connectivity index (χ2v) is 14.0. The van der Waals surface area contributed by atoms with Gasteiger partial charge in [-0.3, -0.25) is 0 Å². The van der Waals surface area contributed by atoms with E-state index in [9.17, 15) is 4.79 Å². The highest BCUT2D eigenvalue weighted by molar-refractivity contribution is 5.91. The number of allylic oxidation sites excluding steroid dienone is 4. The molecular formula is C45H38O3. The molecule has 0 aliphatic heterocycles. The molecule has 2 saturated carbocycles. The third-order valence-corrected chi connectivity index (χ3v) is 11.3. The Bertz CT molecular complexity index is 2040. The molecule has 2 fully saturated rings. The quantitative estimate of drug-likeness (QED) is 0.169. The summed E-state index contributed by atoms with van der Waals surface area (Å²) in [6.07, 6.45) is 12.6. The van der Waals surface area contributed by atoms with E-state index in [0.29, 0.717) is 11.5 Å². The molecule has 0 amide bonds. The SMILES string of the molecule is O=C(OC1=CC=CC2CCC3(CCc4cccc(OC5(c6ccc(-c7ccccc7)cc6)CC5)c43)C12)c1ccc(-c2ccccc2)cc1. The summed E-state index contributed by atoms with van der Waals surface area (Å²) in [5.41, 5.74) is 8.76. The maximum absolute atomic E-state index is 13.6. The van der Waals surface area contributed by atoms with Crippen LogP contribution >= 0.6 is 0 Å². The van der Waals surface area contributed by atoms with Crippen LogP contribution in [0.1, 0.15) is 59.2 Å². The molecule has 0 N–H and O–H groups in total. The Hall–Kier alpha value is -5.15. The van der Waals surface area contributed by atoms with Crippen molar-refractivity contribution in [2.45, 2.75) is 49.5 Å². The molecule has 1 spiro atoms. The highest BCUT2D eigenvalue weighted by Gasteiger charge is 2.57. The van der Waals surface area contributed by atoms with Gasteiger partial charge in [-0.15, -0.1) is 0 Å². The van der Waals surface area contributed by atoms with Crippen LogP contribution in [0.2, 0.25) is 0 Å². The molecule has 0 aromatic heterocycles. The van der Waals surface area contributed by atoms with E-state index >= 15 is 0 Å². The van der Waals surface area contributed by atoms with E-state index < -0.39 is 0 Å². The number of hydrogen-bond donors (Lipinski definition) is 0. The van der Waals surface area contributed by atoms with Crippen LogP contribution in [-0.2, 0) is 22.2 Å². The van der Waals surface area contributed by atoms with Crippen LogP contribution in [0.3, 0.4) is 0 Å². The number of carbonyl (C=O) groups is 1. The number of fused-ring (bicyclic) bond motifs is 4. The maximum Gasteiger partial charge on any atom is 0.343 e. The van der Waals surface area contributed by atoms with Crippen molar-refractivity contribution < 1.29 is 14.3 Å². The fourth-order valence-electron chi connectivity index (χ4n) is 8.79. The van der Waals surface area contributed by atoms with Crippen molar-refractivity contribution in [2.24, 2.45) is 11.8 Å². The molecule has 5 aromatic rings. The Morgan fingerprint density at radius 2 is 1.29 bits per heavy atom. The predicted molar refractivity (Wildman–Crippen MR) is 191 cm³/mol. The summed E-state index contributed by atoms with van der Waals surface area (Å²) < 4.78 is 13.5.